The van der Waals surface area contributed by atoms with Crippen LogP contribution < -0.4 is 15.7 Å². The summed E-state index contributed by atoms with van der Waals surface area (Å²) in [5, 5.41) is 3.87. The zero-order valence-electron chi connectivity index (χ0n) is 14.4. The normalized spacial score (nSPS) is 17.0. The predicted molar refractivity (Wildman–Crippen MR) is 100 cm³/mol. The van der Waals surface area contributed by atoms with E-state index in [1.807, 2.05) is 36.4 Å². The summed E-state index contributed by atoms with van der Waals surface area (Å²) >= 11 is 0. The summed E-state index contributed by atoms with van der Waals surface area (Å²) in [5.41, 5.74) is 0.617. The lowest BCUT2D eigenvalue weighted by atomic mass is 9.87. The van der Waals surface area contributed by atoms with Gasteiger partial charge in [-0.05, 0) is 44.2 Å². The Morgan fingerprint density at radius 2 is 1.69 bits per heavy atom. The highest BCUT2D eigenvalue weighted by Crippen LogP contribution is 2.41. The highest BCUT2D eigenvalue weighted by Gasteiger charge is 2.40. The number of para-hydroxylation sites is 1. The predicted octanol–water partition coefficient (Wildman–Crippen LogP) is 3.99. The molecule has 1 aromatic heterocycles. The van der Waals surface area contributed by atoms with Gasteiger partial charge in [-0.3, -0.25) is 4.79 Å². The molecule has 0 saturated heterocycles. The van der Waals surface area contributed by atoms with Crippen LogP contribution in [0.1, 0.15) is 19.4 Å². The number of anilines is 1. The number of ether oxygens (including phenoxy) is 1. The van der Waals surface area contributed by atoms with Crippen LogP contribution in [0, 0.1) is 0 Å². The minimum absolute atomic E-state index is 0.188. The molecule has 0 unspecified atom stereocenters. The molecule has 2 heterocycles. The molecule has 3 aromatic rings. The van der Waals surface area contributed by atoms with Crippen LogP contribution in [-0.4, -0.2) is 11.4 Å². The fourth-order valence-corrected chi connectivity index (χ4v) is 3.04. The van der Waals surface area contributed by atoms with Crippen molar-refractivity contribution >= 4 is 28.0 Å². The summed E-state index contributed by atoms with van der Waals surface area (Å²) in [4.78, 5) is 24.7. The Morgan fingerprint density at radius 1 is 0.962 bits per heavy atom. The quantitative estimate of drug-likeness (QED) is 0.561. The number of carbonyl (C=O) groups excluding carboxylic acids is 1. The molecule has 5 nitrogen and oxygen atoms in total. The van der Waals surface area contributed by atoms with E-state index in [2.05, 4.69) is 5.32 Å². The van der Waals surface area contributed by atoms with Crippen molar-refractivity contribution < 1.29 is 13.9 Å². The molecule has 0 atom stereocenters. The minimum atomic E-state index is -1.01. The van der Waals surface area contributed by atoms with Gasteiger partial charge in [-0.15, -0.1) is 0 Å². The van der Waals surface area contributed by atoms with Crippen molar-refractivity contribution in [1.82, 2.24) is 0 Å². The molecule has 1 aliphatic rings. The summed E-state index contributed by atoms with van der Waals surface area (Å²) in [7, 11) is 0. The molecule has 0 saturated carbocycles. The largest absolute Gasteiger partial charge is 0.479 e. The monoisotopic (exact) mass is 347 g/mol. The van der Waals surface area contributed by atoms with E-state index in [0.717, 1.165) is 11.1 Å². The Labute approximate surface area is 149 Å². The van der Waals surface area contributed by atoms with Crippen LogP contribution in [0.3, 0.4) is 0 Å². The summed E-state index contributed by atoms with van der Waals surface area (Å²) in [5.74, 6) is 0.324. The van der Waals surface area contributed by atoms with Gasteiger partial charge in [0.25, 0.3) is 0 Å². The van der Waals surface area contributed by atoms with Crippen LogP contribution in [-0.2, 0) is 4.79 Å². The number of hydrogen-bond donors (Lipinski definition) is 1. The standard InChI is InChI=1S/C21H17NO4/c1-21(2)20(24)15(12-22-14-6-4-3-5-7-14)18-16(26-21)10-8-13-9-11-17(23)25-19(13)18/h3-12,22H,1-2H3/b15-12+. The van der Waals surface area contributed by atoms with Crippen LogP contribution in [0.5, 0.6) is 5.75 Å². The zero-order chi connectivity index (χ0) is 18.3. The number of hydrogen-bond acceptors (Lipinski definition) is 5. The van der Waals surface area contributed by atoms with Crippen molar-refractivity contribution in [1.29, 1.82) is 0 Å². The Bertz CT molecular complexity index is 1090. The molecular weight excluding hydrogens is 330 g/mol. The lowest BCUT2D eigenvalue weighted by molar-refractivity contribution is -0.126. The maximum absolute atomic E-state index is 13.0. The summed E-state index contributed by atoms with van der Waals surface area (Å²) < 4.78 is 11.3. The molecule has 2 aromatic carbocycles. The highest BCUT2D eigenvalue weighted by atomic mass is 16.5. The number of rotatable bonds is 2. The lowest BCUT2D eigenvalue weighted by Gasteiger charge is -2.32. The van der Waals surface area contributed by atoms with Gasteiger partial charge in [-0.1, -0.05) is 18.2 Å². The SMILES string of the molecule is CC1(C)Oc2ccc3ccc(=O)oc3c2/C(=C\Nc2ccccc2)C1=O. The third-order valence-electron chi connectivity index (χ3n) is 4.33. The van der Waals surface area contributed by atoms with Gasteiger partial charge in [-0.2, -0.15) is 0 Å². The molecule has 1 N–H and O–H groups in total. The van der Waals surface area contributed by atoms with Gasteiger partial charge in [0.05, 0.1) is 11.1 Å². The maximum atomic E-state index is 13.0. The molecule has 4 rings (SSSR count). The molecule has 1 aliphatic heterocycles. The van der Waals surface area contributed by atoms with Crippen LogP contribution in [0.25, 0.3) is 16.5 Å². The molecule has 5 heteroatoms. The molecule has 26 heavy (non-hydrogen) atoms. The van der Waals surface area contributed by atoms with Crippen molar-refractivity contribution in [3.63, 3.8) is 0 Å². The Hall–Kier alpha value is -3.34. The fourth-order valence-electron chi connectivity index (χ4n) is 3.04. The minimum Gasteiger partial charge on any atom is -0.479 e. The number of fused-ring (bicyclic) bond motifs is 3. The van der Waals surface area contributed by atoms with Crippen molar-refractivity contribution in [2.24, 2.45) is 0 Å². The first-order valence-electron chi connectivity index (χ1n) is 8.28. The number of Topliss-reactive ketones (excluding diaryl/α,β-unsaturated/α-hetero) is 1. The molecule has 130 valence electrons. The van der Waals surface area contributed by atoms with Gasteiger partial charge in [0.1, 0.15) is 11.3 Å². The van der Waals surface area contributed by atoms with Crippen LogP contribution in [0.4, 0.5) is 5.69 Å². The van der Waals surface area contributed by atoms with Gasteiger partial charge in [0, 0.05) is 23.3 Å². The van der Waals surface area contributed by atoms with Gasteiger partial charge in [0.2, 0.25) is 5.78 Å². The number of benzene rings is 2. The van der Waals surface area contributed by atoms with Gasteiger partial charge >= 0.3 is 5.63 Å². The smallest absolute Gasteiger partial charge is 0.336 e. The Balaban J connectivity index is 1.94. The Morgan fingerprint density at radius 3 is 2.46 bits per heavy atom. The first-order valence-corrected chi connectivity index (χ1v) is 8.28. The summed E-state index contributed by atoms with van der Waals surface area (Å²) in [6, 6.07) is 16.2. The molecular formula is C21H17NO4. The molecule has 0 amide bonds. The second-order valence-corrected chi connectivity index (χ2v) is 6.62. The van der Waals surface area contributed by atoms with Gasteiger partial charge < -0.3 is 14.5 Å². The van der Waals surface area contributed by atoms with Crippen molar-refractivity contribution in [3.8, 4) is 5.75 Å². The number of carbonyl (C=O) groups is 1. The average molecular weight is 347 g/mol. The van der Waals surface area contributed by atoms with E-state index >= 15 is 0 Å². The molecule has 0 aliphatic carbocycles. The van der Waals surface area contributed by atoms with Crippen molar-refractivity contribution in [2.75, 3.05) is 5.32 Å². The molecule has 0 radical (unpaired) electrons. The fraction of sp³-hybridized carbons (Fsp3) is 0.143. The van der Waals surface area contributed by atoms with E-state index in [4.69, 9.17) is 9.15 Å². The second kappa shape index (κ2) is 5.88. The highest BCUT2D eigenvalue weighted by molar-refractivity contribution is 6.28. The van der Waals surface area contributed by atoms with E-state index in [0.29, 0.717) is 22.5 Å². The van der Waals surface area contributed by atoms with Crippen LogP contribution in [0.2, 0.25) is 0 Å². The van der Waals surface area contributed by atoms with Crippen LogP contribution >= 0.6 is 0 Å². The third-order valence-corrected chi connectivity index (χ3v) is 4.33. The first-order chi connectivity index (χ1) is 12.5. The topological polar surface area (TPSA) is 68.5 Å². The maximum Gasteiger partial charge on any atom is 0.336 e. The van der Waals surface area contributed by atoms with Gasteiger partial charge in [0.15, 0.2) is 5.60 Å². The lowest BCUT2D eigenvalue weighted by Crippen LogP contribution is -2.42. The van der Waals surface area contributed by atoms with Crippen molar-refractivity contribution in [3.05, 3.63) is 76.8 Å². The first kappa shape index (κ1) is 16.1. The molecule has 0 bridgehead atoms. The van der Waals surface area contributed by atoms with Crippen LogP contribution in [0.15, 0.2) is 70.0 Å². The van der Waals surface area contributed by atoms with E-state index in [-0.39, 0.29) is 5.78 Å². The molecule has 0 fully saturated rings. The van der Waals surface area contributed by atoms with Crippen molar-refractivity contribution in [2.45, 2.75) is 19.4 Å². The second-order valence-electron chi connectivity index (χ2n) is 6.62. The van der Waals surface area contributed by atoms with E-state index in [1.165, 1.54) is 6.07 Å². The van der Waals surface area contributed by atoms with E-state index in [9.17, 15) is 9.59 Å². The average Bonchev–Trinajstić information content (AvgIpc) is 2.62. The van der Waals surface area contributed by atoms with Gasteiger partial charge in [-0.25, -0.2) is 4.79 Å². The summed E-state index contributed by atoms with van der Waals surface area (Å²) in [6.07, 6.45) is 1.65. The molecule has 0 spiro atoms. The Kier molecular flexibility index (Phi) is 3.65. The summed E-state index contributed by atoms with van der Waals surface area (Å²) in [6.45, 7) is 3.44. The third kappa shape index (κ3) is 2.67. The number of nitrogens with one attached hydrogen (secondary N) is 1. The van der Waals surface area contributed by atoms with E-state index in [1.54, 1.807) is 32.2 Å². The van der Waals surface area contributed by atoms with E-state index < -0.39 is 11.2 Å². The zero-order valence-corrected chi connectivity index (χ0v) is 14.4. The number of ketones is 1.